The van der Waals surface area contributed by atoms with Crippen molar-refractivity contribution in [3.8, 4) is 0 Å². The number of dihydropyridines is 1. The molecule has 0 fully saturated rings. The number of amides is 1. The van der Waals surface area contributed by atoms with Crippen molar-refractivity contribution < 1.29 is 4.79 Å². The van der Waals surface area contributed by atoms with E-state index in [9.17, 15) is 4.79 Å². The van der Waals surface area contributed by atoms with Crippen LogP contribution in [0.15, 0.2) is 35.7 Å². The highest BCUT2D eigenvalue weighted by molar-refractivity contribution is 6.30. The van der Waals surface area contributed by atoms with Gasteiger partial charge < -0.3 is 10.2 Å². The molecule has 4 nitrogen and oxygen atoms in total. The lowest BCUT2D eigenvalue weighted by Crippen LogP contribution is -2.30. The van der Waals surface area contributed by atoms with Gasteiger partial charge in [-0.3, -0.25) is 4.79 Å². The highest BCUT2D eigenvalue weighted by atomic mass is 35.5. The zero-order valence-electron chi connectivity index (χ0n) is 10.6. The molecule has 2 aliphatic rings. The van der Waals surface area contributed by atoms with Crippen LogP contribution in [-0.2, 0) is 6.54 Å². The van der Waals surface area contributed by atoms with Crippen LogP contribution in [-0.4, -0.2) is 28.9 Å². The summed E-state index contributed by atoms with van der Waals surface area (Å²) in [4.78, 5) is 18.1. The molecular formula is C14H14ClN3O. The molecule has 0 aliphatic carbocycles. The number of carbonyl (C=O) groups excluding carboxylic acids is 1. The summed E-state index contributed by atoms with van der Waals surface area (Å²) in [6, 6.07) is 1.74. The second kappa shape index (κ2) is 4.70. The number of aromatic nitrogens is 1. The molecule has 1 aromatic rings. The van der Waals surface area contributed by atoms with Gasteiger partial charge >= 0.3 is 0 Å². The predicted molar refractivity (Wildman–Crippen MR) is 73.8 cm³/mol. The molecule has 0 aromatic carbocycles. The molecular weight excluding hydrogens is 262 g/mol. The fourth-order valence-corrected chi connectivity index (χ4v) is 2.70. The van der Waals surface area contributed by atoms with Crippen LogP contribution < -0.4 is 5.32 Å². The van der Waals surface area contributed by atoms with Crippen LogP contribution >= 0.6 is 11.6 Å². The van der Waals surface area contributed by atoms with Gasteiger partial charge in [0.25, 0.3) is 5.91 Å². The Morgan fingerprint density at radius 3 is 3.11 bits per heavy atom. The summed E-state index contributed by atoms with van der Waals surface area (Å²) in [5.41, 5.74) is 3.89. The van der Waals surface area contributed by atoms with Crippen molar-refractivity contribution in [2.75, 3.05) is 13.1 Å². The first-order valence-electron chi connectivity index (χ1n) is 6.17. The summed E-state index contributed by atoms with van der Waals surface area (Å²) >= 11 is 6.04. The van der Waals surface area contributed by atoms with Crippen LogP contribution in [0.1, 0.15) is 22.8 Å². The van der Waals surface area contributed by atoms with Crippen molar-refractivity contribution in [2.24, 2.45) is 0 Å². The van der Waals surface area contributed by atoms with Crippen LogP contribution in [0.2, 0.25) is 5.15 Å². The molecule has 5 heteroatoms. The quantitative estimate of drug-likeness (QED) is 0.841. The predicted octanol–water partition coefficient (Wildman–Crippen LogP) is 2.12. The Bertz CT molecular complexity index is 607. The number of rotatable bonds is 2. The molecule has 0 saturated heterocycles. The Labute approximate surface area is 116 Å². The molecule has 0 radical (unpaired) electrons. The number of hydrogen-bond acceptors (Lipinski definition) is 3. The molecule has 19 heavy (non-hydrogen) atoms. The molecule has 3 rings (SSSR count). The Morgan fingerprint density at radius 1 is 1.53 bits per heavy atom. The first-order chi connectivity index (χ1) is 9.15. The van der Waals surface area contributed by atoms with Gasteiger partial charge in [0.2, 0.25) is 0 Å². The third kappa shape index (κ3) is 2.24. The van der Waals surface area contributed by atoms with Crippen LogP contribution in [0.4, 0.5) is 0 Å². The van der Waals surface area contributed by atoms with Crippen LogP contribution in [0.5, 0.6) is 0 Å². The molecule has 0 bridgehead atoms. The van der Waals surface area contributed by atoms with Crippen LogP contribution in [0.25, 0.3) is 0 Å². The molecule has 0 spiro atoms. The van der Waals surface area contributed by atoms with Crippen molar-refractivity contribution in [1.29, 1.82) is 0 Å². The van der Waals surface area contributed by atoms with Gasteiger partial charge in [0, 0.05) is 30.4 Å². The number of hydrogen-bond donors (Lipinski definition) is 1. The van der Waals surface area contributed by atoms with Gasteiger partial charge in [0.05, 0.1) is 6.54 Å². The largest absolute Gasteiger partial charge is 0.387 e. The summed E-state index contributed by atoms with van der Waals surface area (Å²) in [6.45, 7) is 3.99. The van der Waals surface area contributed by atoms with E-state index in [-0.39, 0.29) is 5.91 Å². The molecule has 1 aromatic heterocycles. The maximum Gasteiger partial charge on any atom is 0.254 e. The molecule has 2 aliphatic heterocycles. The van der Waals surface area contributed by atoms with Crippen molar-refractivity contribution in [1.82, 2.24) is 15.2 Å². The molecule has 0 unspecified atom stereocenters. The molecule has 3 heterocycles. The lowest BCUT2D eigenvalue weighted by atomic mass is 10.1. The Balaban J connectivity index is 1.81. The minimum absolute atomic E-state index is 0.0346. The number of nitrogens with zero attached hydrogens (tertiary/aromatic N) is 2. The van der Waals surface area contributed by atoms with Gasteiger partial charge in [0.15, 0.2) is 0 Å². The monoisotopic (exact) mass is 275 g/mol. The molecule has 0 atom stereocenters. The second-order valence-electron chi connectivity index (χ2n) is 4.86. The first-order valence-corrected chi connectivity index (χ1v) is 6.55. The van der Waals surface area contributed by atoms with Crippen LogP contribution in [0, 0.1) is 0 Å². The molecule has 1 N–H and O–H groups in total. The van der Waals surface area contributed by atoms with Gasteiger partial charge in [-0.15, -0.1) is 0 Å². The van der Waals surface area contributed by atoms with Gasteiger partial charge in [-0.1, -0.05) is 17.7 Å². The van der Waals surface area contributed by atoms with E-state index in [1.807, 2.05) is 18.0 Å². The highest BCUT2D eigenvalue weighted by Gasteiger charge is 2.29. The van der Waals surface area contributed by atoms with E-state index in [1.165, 1.54) is 11.1 Å². The van der Waals surface area contributed by atoms with Crippen molar-refractivity contribution in [3.05, 3.63) is 52.0 Å². The topological polar surface area (TPSA) is 45.2 Å². The second-order valence-corrected chi connectivity index (χ2v) is 5.22. The Morgan fingerprint density at radius 2 is 2.37 bits per heavy atom. The normalized spacial score (nSPS) is 17.8. The average molecular weight is 276 g/mol. The molecule has 98 valence electrons. The number of fused-ring (bicyclic) bond motifs is 1. The summed E-state index contributed by atoms with van der Waals surface area (Å²) in [6.07, 6.45) is 5.67. The van der Waals surface area contributed by atoms with E-state index in [2.05, 4.69) is 16.4 Å². The first kappa shape index (κ1) is 12.2. The zero-order valence-corrected chi connectivity index (χ0v) is 11.4. The minimum Gasteiger partial charge on any atom is -0.387 e. The van der Waals surface area contributed by atoms with Crippen molar-refractivity contribution in [2.45, 2.75) is 13.5 Å². The van der Waals surface area contributed by atoms with Crippen molar-refractivity contribution in [3.63, 3.8) is 0 Å². The lowest BCUT2D eigenvalue weighted by Gasteiger charge is -2.20. The summed E-state index contributed by atoms with van der Waals surface area (Å²) in [5, 5.41) is 3.63. The van der Waals surface area contributed by atoms with Crippen LogP contribution in [0.3, 0.4) is 0 Å². The maximum absolute atomic E-state index is 12.3. The number of nitrogens with one attached hydrogen (secondary N) is 1. The summed E-state index contributed by atoms with van der Waals surface area (Å²) < 4.78 is 0. The van der Waals surface area contributed by atoms with E-state index in [0.29, 0.717) is 23.8 Å². The number of allylic oxidation sites excluding steroid dienone is 2. The summed E-state index contributed by atoms with van der Waals surface area (Å²) in [5.74, 6) is 0.0346. The standard InChI is InChI=1S/C14H14ClN3O/c1-9-4-10(6-16-5-9)7-18-8-12-11(14(18)19)2-3-17-13(12)15/h2-5,16H,6-8H2,1H3. The molecule has 1 amide bonds. The highest BCUT2D eigenvalue weighted by Crippen LogP contribution is 2.28. The fourth-order valence-electron chi connectivity index (χ4n) is 2.48. The Hall–Kier alpha value is -1.81. The van der Waals surface area contributed by atoms with E-state index in [0.717, 1.165) is 12.1 Å². The van der Waals surface area contributed by atoms with Gasteiger partial charge in [-0.2, -0.15) is 0 Å². The van der Waals surface area contributed by atoms with Gasteiger partial charge in [-0.05, 0) is 30.3 Å². The van der Waals surface area contributed by atoms with E-state index < -0.39 is 0 Å². The van der Waals surface area contributed by atoms with E-state index in [1.54, 1.807) is 12.3 Å². The van der Waals surface area contributed by atoms with E-state index in [4.69, 9.17) is 11.6 Å². The molecule has 0 saturated carbocycles. The van der Waals surface area contributed by atoms with E-state index >= 15 is 0 Å². The summed E-state index contributed by atoms with van der Waals surface area (Å²) in [7, 11) is 0. The minimum atomic E-state index is 0.0346. The maximum atomic E-state index is 12.3. The number of pyridine rings is 1. The SMILES string of the molecule is CC1=CNCC(CN2Cc3c(ccnc3Cl)C2=O)=C1. The fraction of sp³-hybridized carbons (Fsp3) is 0.286. The third-order valence-electron chi connectivity index (χ3n) is 3.35. The zero-order chi connectivity index (χ0) is 13.4. The third-order valence-corrected chi connectivity index (χ3v) is 3.68. The average Bonchev–Trinajstić information content (AvgIpc) is 2.69. The number of halogens is 1. The van der Waals surface area contributed by atoms with Gasteiger partial charge in [0.1, 0.15) is 5.15 Å². The number of carbonyl (C=O) groups is 1. The van der Waals surface area contributed by atoms with Crippen molar-refractivity contribution >= 4 is 17.5 Å². The smallest absolute Gasteiger partial charge is 0.254 e. The van der Waals surface area contributed by atoms with Gasteiger partial charge in [-0.25, -0.2) is 4.98 Å². The lowest BCUT2D eigenvalue weighted by molar-refractivity contribution is 0.0791. The Kier molecular flexibility index (Phi) is 3.03.